The third-order valence-electron chi connectivity index (χ3n) is 6.12. The fourth-order valence-electron chi connectivity index (χ4n) is 4.35. The molecule has 0 aliphatic carbocycles. The van der Waals surface area contributed by atoms with E-state index in [9.17, 15) is 4.79 Å². The van der Waals surface area contributed by atoms with E-state index in [-0.39, 0.29) is 5.97 Å². The van der Waals surface area contributed by atoms with Crippen molar-refractivity contribution in [1.82, 2.24) is 0 Å². The van der Waals surface area contributed by atoms with Crippen LogP contribution < -0.4 is 4.90 Å². The highest BCUT2D eigenvalue weighted by molar-refractivity contribution is 6.18. The van der Waals surface area contributed by atoms with Crippen LogP contribution in [0.4, 0.5) is 17.1 Å². The first-order valence-corrected chi connectivity index (χ1v) is 11.1. The van der Waals surface area contributed by atoms with E-state index in [1.807, 2.05) is 18.2 Å². The van der Waals surface area contributed by atoms with Crippen molar-refractivity contribution in [3.05, 3.63) is 88.5 Å². The van der Waals surface area contributed by atoms with Gasteiger partial charge in [-0.1, -0.05) is 58.0 Å². The Labute approximate surface area is 190 Å². The molecule has 0 atom stereocenters. The van der Waals surface area contributed by atoms with Crippen LogP contribution in [0.25, 0.3) is 0 Å². The SMILES string of the molecule is COC(=O)c1ccc(C2=Nc3cc(C(C)C)c(C(C)C)cc3N(C)c3ccccc32)cc1. The van der Waals surface area contributed by atoms with Crippen LogP contribution in [0.2, 0.25) is 0 Å². The lowest BCUT2D eigenvalue weighted by Crippen LogP contribution is -2.13. The fourth-order valence-corrected chi connectivity index (χ4v) is 4.35. The maximum atomic E-state index is 11.9. The third kappa shape index (κ3) is 3.81. The molecular formula is C28H30N2O2. The molecule has 32 heavy (non-hydrogen) atoms. The van der Waals surface area contributed by atoms with Crippen molar-refractivity contribution in [3.8, 4) is 0 Å². The summed E-state index contributed by atoms with van der Waals surface area (Å²) in [6, 6.07) is 20.4. The van der Waals surface area contributed by atoms with Gasteiger partial charge < -0.3 is 9.64 Å². The summed E-state index contributed by atoms with van der Waals surface area (Å²) in [6.45, 7) is 8.96. The second-order valence-corrected chi connectivity index (χ2v) is 8.88. The first kappa shape index (κ1) is 21.8. The number of hydrogen-bond donors (Lipinski definition) is 0. The van der Waals surface area contributed by atoms with Gasteiger partial charge in [0.15, 0.2) is 0 Å². The Kier molecular flexibility index (Phi) is 5.88. The number of carbonyl (C=O) groups excluding carboxylic acids is 1. The van der Waals surface area contributed by atoms with Crippen molar-refractivity contribution in [3.63, 3.8) is 0 Å². The van der Waals surface area contributed by atoms with Gasteiger partial charge in [-0.2, -0.15) is 0 Å². The minimum absolute atomic E-state index is 0.340. The Balaban J connectivity index is 1.96. The first-order chi connectivity index (χ1) is 15.3. The summed E-state index contributed by atoms with van der Waals surface area (Å²) < 4.78 is 4.85. The van der Waals surface area contributed by atoms with Crippen molar-refractivity contribution in [2.75, 3.05) is 19.1 Å². The van der Waals surface area contributed by atoms with Gasteiger partial charge >= 0.3 is 5.97 Å². The summed E-state index contributed by atoms with van der Waals surface area (Å²) in [5.74, 6) is 0.498. The standard InChI is InChI=1S/C28H30N2O2/c1-17(2)22-15-24-26(16-23(22)18(3)4)30(5)25-10-8-7-9-21(25)27(29-24)19-11-13-20(14-12-19)28(31)32-6/h7-18H,1-6H3. The van der Waals surface area contributed by atoms with E-state index in [1.165, 1.54) is 18.2 Å². The second kappa shape index (κ2) is 8.62. The number of esters is 1. The minimum atomic E-state index is -0.340. The summed E-state index contributed by atoms with van der Waals surface area (Å²) in [7, 11) is 3.50. The average Bonchev–Trinajstić information content (AvgIpc) is 2.92. The maximum absolute atomic E-state index is 11.9. The second-order valence-electron chi connectivity index (χ2n) is 8.88. The third-order valence-corrected chi connectivity index (χ3v) is 6.12. The lowest BCUT2D eigenvalue weighted by Gasteiger charge is -2.25. The van der Waals surface area contributed by atoms with Crippen molar-refractivity contribution in [2.24, 2.45) is 4.99 Å². The van der Waals surface area contributed by atoms with E-state index in [0.717, 1.165) is 33.9 Å². The van der Waals surface area contributed by atoms with Crippen LogP contribution in [0.1, 0.15) is 72.1 Å². The smallest absolute Gasteiger partial charge is 0.337 e. The summed E-state index contributed by atoms with van der Waals surface area (Å²) in [5, 5.41) is 0. The fraction of sp³-hybridized carbons (Fsp3) is 0.286. The van der Waals surface area contributed by atoms with Gasteiger partial charge in [-0.25, -0.2) is 9.79 Å². The number of carbonyl (C=O) groups is 1. The molecule has 0 amide bonds. The molecule has 1 aliphatic heterocycles. The predicted octanol–water partition coefficient (Wildman–Crippen LogP) is 6.97. The van der Waals surface area contributed by atoms with Gasteiger partial charge in [0, 0.05) is 18.2 Å². The zero-order chi connectivity index (χ0) is 23.0. The summed E-state index contributed by atoms with van der Waals surface area (Å²) in [6.07, 6.45) is 0. The molecule has 0 fully saturated rings. The molecule has 0 radical (unpaired) electrons. The Morgan fingerprint density at radius 3 is 2.12 bits per heavy atom. The molecular weight excluding hydrogens is 396 g/mol. The van der Waals surface area contributed by atoms with Crippen LogP contribution >= 0.6 is 0 Å². The number of hydrogen-bond acceptors (Lipinski definition) is 4. The zero-order valence-corrected chi connectivity index (χ0v) is 19.6. The highest BCUT2D eigenvalue weighted by Gasteiger charge is 2.24. The molecule has 4 nitrogen and oxygen atoms in total. The summed E-state index contributed by atoms with van der Waals surface area (Å²) in [4.78, 5) is 19.3. The molecule has 3 aromatic carbocycles. The Morgan fingerprint density at radius 1 is 0.875 bits per heavy atom. The van der Waals surface area contributed by atoms with Crippen LogP contribution in [0.5, 0.6) is 0 Å². The summed E-state index contributed by atoms with van der Waals surface area (Å²) in [5.41, 5.74) is 9.32. The predicted molar refractivity (Wildman–Crippen MR) is 132 cm³/mol. The van der Waals surface area contributed by atoms with Crippen LogP contribution in [-0.4, -0.2) is 25.8 Å². The number of fused-ring (bicyclic) bond motifs is 2. The molecule has 0 saturated carbocycles. The first-order valence-electron chi connectivity index (χ1n) is 11.1. The number of nitrogens with zero attached hydrogens (tertiary/aromatic N) is 2. The largest absolute Gasteiger partial charge is 0.465 e. The topological polar surface area (TPSA) is 41.9 Å². The van der Waals surface area contributed by atoms with E-state index in [4.69, 9.17) is 9.73 Å². The number of ether oxygens (including phenoxy) is 1. The highest BCUT2D eigenvalue weighted by atomic mass is 16.5. The number of rotatable bonds is 4. The number of benzene rings is 3. The van der Waals surface area contributed by atoms with Gasteiger partial charge in [0.25, 0.3) is 0 Å². The molecule has 3 aromatic rings. The minimum Gasteiger partial charge on any atom is -0.465 e. The van der Waals surface area contributed by atoms with E-state index in [1.54, 1.807) is 12.1 Å². The lowest BCUT2D eigenvalue weighted by molar-refractivity contribution is 0.0600. The van der Waals surface area contributed by atoms with Gasteiger partial charge in [0.2, 0.25) is 0 Å². The molecule has 0 bridgehead atoms. The zero-order valence-electron chi connectivity index (χ0n) is 19.6. The average molecular weight is 427 g/mol. The van der Waals surface area contributed by atoms with Crippen molar-refractivity contribution >= 4 is 28.7 Å². The molecule has 0 aromatic heterocycles. The van der Waals surface area contributed by atoms with Gasteiger partial charge in [-0.3, -0.25) is 0 Å². The quantitative estimate of drug-likeness (QED) is 0.423. The van der Waals surface area contributed by atoms with E-state index >= 15 is 0 Å². The molecule has 164 valence electrons. The van der Waals surface area contributed by atoms with Crippen molar-refractivity contribution < 1.29 is 9.53 Å². The number of para-hydroxylation sites is 1. The molecule has 1 heterocycles. The Bertz CT molecular complexity index is 1190. The highest BCUT2D eigenvalue weighted by Crippen LogP contribution is 2.43. The van der Waals surface area contributed by atoms with Crippen LogP contribution in [0.3, 0.4) is 0 Å². The van der Waals surface area contributed by atoms with E-state index in [2.05, 4.69) is 70.0 Å². The monoisotopic (exact) mass is 426 g/mol. The van der Waals surface area contributed by atoms with Gasteiger partial charge in [0.1, 0.15) is 0 Å². The molecule has 4 rings (SSSR count). The number of anilines is 2. The van der Waals surface area contributed by atoms with Crippen molar-refractivity contribution in [2.45, 2.75) is 39.5 Å². The molecule has 0 unspecified atom stereocenters. The van der Waals surface area contributed by atoms with Crippen LogP contribution in [0, 0.1) is 0 Å². The van der Waals surface area contributed by atoms with Gasteiger partial charge in [-0.15, -0.1) is 0 Å². The van der Waals surface area contributed by atoms with Crippen molar-refractivity contribution in [1.29, 1.82) is 0 Å². The summed E-state index contributed by atoms with van der Waals surface area (Å²) >= 11 is 0. The molecule has 1 aliphatic rings. The van der Waals surface area contributed by atoms with Crippen LogP contribution in [-0.2, 0) is 4.74 Å². The van der Waals surface area contributed by atoms with E-state index in [0.29, 0.717) is 17.4 Å². The molecule has 4 heteroatoms. The molecule has 0 saturated heterocycles. The molecule has 0 spiro atoms. The number of methoxy groups -OCH3 is 1. The normalized spacial score (nSPS) is 12.9. The molecule has 0 N–H and O–H groups in total. The van der Waals surface area contributed by atoms with E-state index < -0.39 is 0 Å². The van der Waals surface area contributed by atoms with Gasteiger partial charge in [-0.05, 0) is 53.3 Å². The number of aliphatic imine (C=N–C) groups is 1. The Morgan fingerprint density at radius 2 is 1.50 bits per heavy atom. The van der Waals surface area contributed by atoms with Gasteiger partial charge in [0.05, 0.1) is 35.4 Å². The lowest BCUT2D eigenvalue weighted by atomic mass is 9.89. The Hall–Kier alpha value is -3.40. The maximum Gasteiger partial charge on any atom is 0.337 e. The van der Waals surface area contributed by atoms with Crippen LogP contribution in [0.15, 0.2) is 65.7 Å².